The second-order valence-corrected chi connectivity index (χ2v) is 9.90. The molecule has 1 fully saturated rings. The Morgan fingerprint density at radius 3 is 2.09 bits per heavy atom. The lowest BCUT2D eigenvalue weighted by atomic mass is 9.92. The molecule has 1 aliphatic heterocycles. The van der Waals surface area contributed by atoms with Crippen molar-refractivity contribution in [2.75, 3.05) is 19.3 Å². The Kier molecular flexibility index (Phi) is 4.84. The summed E-state index contributed by atoms with van der Waals surface area (Å²) in [5, 5.41) is 9.15. The third-order valence-corrected chi connectivity index (χ3v) is 6.84. The molecular formula is C14H19NO6S2. The van der Waals surface area contributed by atoms with E-state index < -0.39 is 31.7 Å². The number of piperidine rings is 1. The molecule has 2 atom stereocenters. The lowest BCUT2D eigenvalue weighted by Crippen LogP contribution is -2.45. The third-order valence-electron chi connectivity index (χ3n) is 3.87. The van der Waals surface area contributed by atoms with E-state index in [2.05, 4.69) is 0 Å². The Balaban J connectivity index is 2.32. The number of hydrogen-bond donors (Lipinski definition) is 1. The van der Waals surface area contributed by atoms with Crippen molar-refractivity contribution in [3.63, 3.8) is 0 Å². The summed E-state index contributed by atoms with van der Waals surface area (Å²) < 4.78 is 49.3. The number of carboxylic acids is 1. The Morgan fingerprint density at radius 1 is 1.09 bits per heavy atom. The van der Waals surface area contributed by atoms with E-state index >= 15 is 0 Å². The van der Waals surface area contributed by atoms with Crippen LogP contribution >= 0.6 is 0 Å². The van der Waals surface area contributed by atoms with Crippen LogP contribution in [-0.4, -0.2) is 51.6 Å². The predicted molar refractivity (Wildman–Crippen MR) is 83.2 cm³/mol. The van der Waals surface area contributed by atoms with Crippen LogP contribution in [0.15, 0.2) is 34.1 Å². The van der Waals surface area contributed by atoms with Crippen LogP contribution in [0.3, 0.4) is 0 Å². The fraction of sp³-hybridized carbons (Fsp3) is 0.500. The van der Waals surface area contributed by atoms with Gasteiger partial charge in [0.1, 0.15) is 0 Å². The number of nitrogens with zero attached hydrogens (tertiary/aromatic N) is 1. The molecule has 2 rings (SSSR count). The van der Waals surface area contributed by atoms with Crippen LogP contribution < -0.4 is 0 Å². The van der Waals surface area contributed by atoms with Gasteiger partial charge in [-0.25, -0.2) is 16.8 Å². The second kappa shape index (κ2) is 6.21. The highest BCUT2D eigenvalue weighted by molar-refractivity contribution is 7.90. The maximum atomic E-state index is 12.6. The summed E-state index contributed by atoms with van der Waals surface area (Å²) in [7, 11) is -7.25. The quantitative estimate of drug-likeness (QED) is 0.850. The Bertz CT molecular complexity index is 798. The van der Waals surface area contributed by atoms with Crippen LogP contribution in [0.25, 0.3) is 0 Å². The van der Waals surface area contributed by atoms with Gasteiger partial charge in [0.25, 0.3) is 0 Å². The number of rotatable bonds is 4. The van der Waals surface area contributed by atoms with Crippen LogP contribution in [0.4, 0.5) is 0 Å². The molecule has 128 valence electrons. The number of hydrogen-bond acceptors (Lipinski definition) is 5. The Morgan fingerprint density at radius 2 is 1.61 bits per heavy atom. The van der Waals surface area contributed by atoms with E-state index in [0.717, 1.165) is 10.6 Å². The molecule has 1 aromatic rings. The van der Waals surface area contributed by atoms with Gasteiger partial charge in [0.15, 0.2) is 9.84 Å². The summed E-state index contributed by atoms with van der Waals surface area (Å²) in [6.45, 7) is 1.99. The minimum absolute atomic E-state index is 0.0341. The number of sulfone groups is 1. The highest BCUT2D eigenvalue weighted by Crippen LogP contribution is 2.27. The van der Waals surface area contributed by atoms with E-state index in [1.807, 2.05) is 6.92 Å². The number of carboxylic acid groups (broad SMARTS) is 1. The van der Waals surface area contributed by atoms with Crippen molar-refractivity contribution < 1.29 is 26.7 Å². The molecule has 0 bridgehead atoms. The first-order chi connectivity index (χ1) is 10.5. The van der Waals surface area contributed by atoms with Crippen LogP contribution in [0.1, 0.15) is 13.3 Å². The molecule has 1 aliphatic rings. The number of carbonyl (C=O) groups is 1. The first-order valence-corrected chi connectivity index (χ1v) is 10.4. The maximum Gasteiger partial charge on any atom is 0.307 e. The Hall–Kier alpha value is -1.45. The zero-order valence-electron chi connectivity index (χ0n) is 12.8. The van der Waals surface area contributed by atoms with Crippen molar-refractivity contribution in [1.29, 1.82) is 0 Å². The molecular weight excluding hydrogens is 342 g/mol. The van der Waals surface area contributed by atoms with E-state index in [0.29, 0.717) is 6.42 Å². The van der Waals surface area contributed by atoms with Gasteiger partial charge in [-0.3, -0.25) is 4.79 Å². The lowest BCUT2D eigenvalue weighted by Gasteiger charge is -2.33. The number of benzene rings is 1. The summed E-state index contributed by atoms with van der Waals surface area (Å²) in [6.07, 6.45) is 1.48. The van der Waals surface area contributed by atoms with Crippen LogP contribution in [0, 0.1) is 11.8 Å². The van der Waals surface area contributed by atoms with Crippen molar-refractivity contribution in [2.45, 2.75) is 23.1 Å². The third kappa shape index (κ3) is 3.91. The first kappa shape index (κ1) is 17.9. The molecule has 2 unspecified atom stereocenters. The standard InChI is InChI=1S/C14H19NO6S2/c1-10-7-11(14(16)17)9-15(8-10)23(20,21)13-5-3-12(4-6-13)22(2,18)19/h3-6,10-11H,7-9H2,1-2H3,(H,16,17). The topological polar surface area (TPSA) is 109 Å². The van der Waals surface area contributed by atoms with Gasteiger partial charge in [-0.15, -0.1) is 0 Å². The highest BCUT2D eigenvalue weighted by Gasteiger charge is 2.36. The normalized spacial score (nSPS) is 23.6. The highest BCUT2D eigenvalue weighted by atomic mass is 32.2. The van der Waals surface area contributed by atoms with Crippen molar-refractivity contribution in [3.8, 4) is 0 Å². The fourth-order valence-corrected chi connectivity index (χ4v) is 4.92. The average molecular weight is 361 g/mol. The van der Waals surface area contributed by atoms with Gasteiger partial charge in [0.05, 0.1) is 15.7 Å². The SMILES string of the molecule is CC1CC(C(=O)O)CN(S(=O)(=O)c2ccc(S(C)(=O)=O)cc2)C1. The van der Waals surface area contributed by atoms with Crippen molar-refractivity contribution >= 4 is 25.8 Å². The van der Waals surface area contributed by atoms with Gasteiger partial charge >= 0.3 is 5.97 Å². The smallest absolute Gasteiger partial charge is 0.307 e. The van der Waals surface area contributed by atoms with E-state index in [1.165, 1.54) is 24.3 Å². The summed E-state index contributed by atoms with van der Waals surface area (Å²) >= 11 is 0. The molecule has 23 heavy (non-hydrogen) atoms. The van der Waals surface area contributed by atoms with Crippen LogP contribution in [0.2, 0.25) is 0 Å². The van der Waals surface area contributed by atoms with Crippen molar-refractivity contribution in [3.05, 3.63) is 24.3 Å². The molecule has 1 saturated heterocycles. The first-order valence-electron chi connectivity index (χ1n) is 7.05. The minimum atomic E-state index is -3.85. The van der Waals surface area contributed by atoms with E-state index in [1.54, 1.807) is 0 Å². The maximum absolute atomic E-state index is 12.6. The van der Waals surface area contributed by atoms with Gasteiger partial charge in [-0.05, 0) is 36.6 Å². The van der Waals surface area contributed by atoms with Crippen LogP contribution in [-0.2, 0) is 24.7 Å². The number of aliphatic carboxylic acids is 1. The molecule has 1 aromatic carbocycles. The summed E-state index contributed by atoms with van der Waals surface area (Å²) in [6, 6.07) is 4.95. The molecule has 0 spiro atoms. The molecule has 9 heteroatoms. The summed E-state index contributed by atoms with van der Waals surface area (Å²) in [5.41, 5.74) is 0. The van der Waals surface area contributed by atoms with Gasteiger partial charge in [0.2, 0.25) is 10.0 Å². The van der Waals surface area contributed by atoms with E-state index in [-0.39, 0.29) is 28.8 Å². The Labute approximate surface area is 135 Å². The second-order valence-electron chi connectivity index (χ2n) is 5.94. The molecule has 7 nitrogen and oxygen atoms in total. The molecule has 1 heterocycles. The van der Waals surface area contributed by atoms with E-state index in [4.69, 9.17) is 5.11 Å². The largest absolute Gasteiger partial charge is 0.481 e. The monoisotopic (exact) mass is 361 g/mol. The van der Waals surface area contributed by atoms with E-state index in [9.17, 15) is 21.6 Å². The molecule has 0 radical (unpaired) electrons. The van der Waals surface area contributed by atoms with Gasteiger partial charge < -0.3 is 5.11 Å². The van der Waals surface area contributed by atoms with Gasteiger partial charge in [-0.1, -0.05) is 6.92 Å². The predicted octanol–water partition coefficient (Wildman–Crippen LogP) is 0.821. The van der Waals surface area contributed by atoms with Crippen molar-refractivity contribution in [2.24, 2.45) is 11.8 Å². The van der Waals surface area contributed by atoms with Crippen molar-refractivity contribution in [1.82, 2.24) is 4.31 Å². The lowest BCUT2D eigenvalue weighted by molar-refractivity contribution is -0.143. The molecule has 0 aromatic heterocycles. The minimum Gasteiger partial charge on any atom is -0.481 e. The fourth-order valence-electron chi connectivity index (χ4n) is 2.69. The number of sulfonamides is 1. The molecule has 0 saturated carbocycles. The van der Waals surface area contributed by atoms with Crippen LogP contribution in [0.5, 0.6) is 0 Å². The average Bonchev–Trinajstić information content (AvgIpc) is 2.45. The molecule has 1 N–H and O–H groups in total. The molecule has 0 aliphatic carbocycles. The zero-order chi connectivity index (χ0) is 17.4. The molecule has 0 amide bonds. The zero-order valence-corrected chi connectivity index (χ0v) is 14.5. The van der Waals surface area contributed by atoms with Gasteiger partial charge in [0, 0.05) is 19.3 Å². The summed E-state index contributed by atoms with van der Waals surface area (Å²) in [5.74, 6) is -1.80. The summed E-state index contributed by atoms with van der Waals surface area (Å²) in [4.78, 5) is 11.2. The van der Waals surface area contributed by atoms with Gasteiger partial charge in [-0.2, -0.15) is 4.31 Å².